The van der Waals surface area contributed by atoms with Crippen molar-refractivity contribution in [2.24, 2.45) is 0 Å². The van der Waals surface area contributed by atoms with Crippen LogP contribution in [0.5, 0.6) is 0 Å². The Morgan fingerprint density at radius 2 is 0.850 bits per heavy atom. The summed E-state index contributed by atoms with van der Waals surface area (Å²) in [6.45, 7) is 0. The molecule has 0 aromatic heterocycles. The summed E-state index contributed by atoms with van der Waals surface area (Å²) in [5, 5.41) is 2.34. The number of carbonyl (C=O) groups is 2. The van der Waals surface area contributed by atoms with E-state index in [2.05, 4.69) is 0 Å². The van der Waals surface area contributed by atoms with Gasteiger partial charge in [0.25, 0.3) is 20.2 Å². The summed E-state index contributed by atoms with van der Waals surface area (Å²) >= 11 is 0. The fraction of sp³-hybridized carbons (Fsp3) is 0. The van der Waals surface area contributed by atoms with Crippen LogP contribution in [0.15, 0.2) is 107 Å². The van der Waals surface area contributed by atoms with E-state index in [0.717, 1.165) is 0 Å². The van der Waals surface area contributed by atoms with Crippen molar-refractivity contribution >= 4 is 77.4 Å². The summed E-state index contributed by atoms with van der Waals surface area (Å²) in [7, 11) is -8.83. The zero-order valence-corrected chi connectivity index (χ0v) is 22.1. The van der Waals surface area contributed by atoms with E-state index in [1.54, 1.807) is 72.8 Å². The zero-order valence-electron chi connectivity index (χ0n) is 20.4. The number of hydrogen-bond donors (Lipinski definition) is 2. The van der Waals surface area contributed by atoms with Gasteiger partial charge in [0, 0.05) is 11.4 Å². The lowest BCUT2D eigenvalue weighted by Crippen LogP contribution is -2.17. The maximum Gasteiger partial charge on any atom is 0.294 e. The Morgan fingerprint density at radius 1 is 0.475 bits per heavy atom. The van der Waals surface area contributed by atoms with Crippen molar-refractivity contribution in [1.82, 2.24) is 0 Å². The first-order valence-electron chi connectivity index (χ1n) is 11.6. The van der Waals surface area contributed by atoms with E-state index in [-0.39, 0.29) is 9.79 Å². The molecule has 0 fully saturated rings. The minimum absolute atomic E-state index is 0.280. The van der Waals surface area contributed by atoms with Gasteiger partial charge in [-0.1, -0.05) is 30.3 Å². The molecular weight excluding hydrogens is 556 g/mol. The fourth-order valence-corrected chi connectivity index (χ4v) is 5.41. The molecule has 0 aliphatic carbocycles. The lowest BCUT2D eigenvalue weighted by atomic mass is 10.1. The monoisotopic (exact) mass is 576 g/mol. The minimum atomic E-state index is -4.42. The van der Waals surface area contributed by atoms with Gasteiger partial charge in [-0.25, -0.2) is 0 Å². The molecule has 5 aromatic carbocycles. The molecule has 0 spiro atoms. The standard InChI is InChI=1S/C28H20N2O8S2/c31-17-29(25-8-4-19-6-10-27(39(33,34)35)14-21(19)12-25)23-2-1-3-24(16-23)30(18-32)26-9-5-20-7-11-28(40(36,37)38)15-22(20)13-26/h1-18H,(H,33,34,35)(H,36,37,38). The number of nitrogens with zero attached hydrogens (tertiary/aromatic N) is 2. The van der Waals surface area contributed by atoms with Crippen molar-refractivity contribution in [2.75, 3.05) is 9.80 Å². The average molecular weight is 577 g/mol. The number of anilines is 4. The first-order valence-corrected chi connectivity index (χ1v) is 14.5. The highest BCUT2D eigenvalue weighted by Gasteiger charge is 2.16. The predicted molar refractivity (Wildman–Crippen MR) is 150 cm³/mol. The molecule has 2 amide bonds. The Balaban J connectivity index is 1.54. The summed E-state index contributed by atoms with van der Waals surface area (Å²) in [5.74, 6) is 0. The summed E-state index contributed by atoms with van der Waals surface area (Å²) < 4.78 is 65.1. The molecule has 0 heterocycles. The average Bonchev–Trinajstić information content (AvgIpc) is 2.92. The molecule has 202 valence electrons. The predicted octanol–water partition coefficient (Wildman–Crippen LogP) is 5.08. The molecule has 12 heteroatoms. The van der Waals surface area contributed by atoms with Crippen LogP contribution in [0.4, 0.5) is 22.7 Å². The van der Waals surface area contributed by atoms with Gasteiger partial charge in [0.05, 0.1) is 21.2 Å². The van der Waals surface area contributed by atoms with E-state index >= 15 is 0 Å². The van der Waals surface area contributed by atoms with Crippen LogP contribution in [0.1, 0.15) is 0 Å². The van der Waals surface area contributed by atoms with Crippen LogP contribution in [0.2, 0.25) is 0 Å². The topological polar surface area (TPSA) is 149 Å². The lowest BCUT2D eigenvalue weighted by molar-refractivity contribution is -0.107. The van der Waals surface area contributed by atoms with Gasteiger partial charge in [-0.2, -0.15) is 16.8 Å². The molecule has 2 N–H and O–H groups in total. The molecule has 0 saturated carbocycles. The van der Waals surface area contributed by atoms with Gasteiger partial charge < -0.3 is 0 Å². The highest BCUT2D eigenvalue weighted by atomic mass is 32.2. The Morgan fingerprint density at radius 3 is 1.23 bits per heavy atom. The third-order valence-electron chi connectivity index (χ3n) is 6.34. The Kier molecular flexibility index (Phi) is 6.85. The zero-order chi connectivity index (χ0) is 28.7. The second-order valence-electron chi connectivity index (χ2n) is 8.81. The van der Waals surface area contributed by atoms with Crippen LogP contribution < -0.4 is 9.80 Å². The molecule has 0 radical (unpaired) electrons. The van der Waals surface area contributed by atoms with Gasteiger partial charge in [0.2, 0.25) is 12.8 Å². The van der Waals surface area contributed by atoms with Crippen molar-refractivity contribution in [3.63, 3.8) is 0 Å². The van der Waals surface area contributed by atoms with E-state index in [4.69, 9.17) is 0 Å². The van der Waals surface area contributed by atoms with Crippen molar-refractivity contribution in [2.45, 2.75) is 9.79 Å². The molecule has 0 saturated heterocycles. The molecule has 10 nitrogen and oxygen atoms in total. The second-order valence-corrected chi connectivity index (χ2v) is 11.7. The van der Waals surface area contributed by atoms with Crippen molar-refractivity contribution < 1.29 is 35.5 Å². The quantitative estimate of drug-likeness (QED) is 0.192. The highest BCUT2D eigenvalue weighted by molar-refractivity contribution is 7.86. The summed E-state index contributed by atoms with van der Waals surface area (Å²) in [5.41, 5.74) is 1.62. The van der Waals surface area contributed by atoms with E-state index in [0.29, 0.717) is 57.1 Å². The van der Waals surface area contributed by atoms with Crippen LogP contribution in [-0.2, 0) is 29.8 Å². The Labute approximate surface area is 229 Å². The van der Waals surface area contributed by atoms with Crippen molar-refractivity contribution in [3.8, 4) is 0 Å². The largest absolute Gasteiger partial charge is 0.294 e. The van der Waals surface area contributed by atoms with Gasteiger partial charge in [-0.15, -0.1) is 0 Å². The number of carbonyl (C=O) groups excluding carboxylic acids is 2. The highest BCUT2D eigenvalue weighted by Crippen LogP contribution is 2.34. The third kappa shape index (κ3) is 5.28. The fourth-order valence-electron chi connectivity index (χ4n) is 4.38. The van der Waals surface area contributed by atoms with Gasteiger partial charge in [-0.3, -0.25) is 28.5 Å². The molecule has 0 atom stereocenters. The summed E-state index contributed by atoms with van der Waals surface area (Å²) in [6.07, 6.45) is 1.15. The SMILES string of the molecule is O=CN(c1cccc(N(C=O)c2ccc3ccc(S(=O)(=O)O)cc3c2)c1)c1ccc2ccc(S(=O)(=O)O)cc2c1. The molecular formula is C28H20N2O8S2. The molecule has 0 bridgehead atoms. The molecule has 5 aromatic rings. The first-order chi connectivity index (χ1) is 19.0. The number of benzene rings is 5. The van der Waals surface area contributed by atoms with Gasteiger partial charge in [0.15, 0.2) is 0 Å². The second kappa shape index (κ2) is 10.2. The summed E-state index contributed by atoms with van der Waals surface area (Å²) in [6, 6.07) is 24.7. The van der Waals surface area contributed by atoms with Gasteiger partial charge in [-0.05, 0) is 88.3 Å². The van der Waals surface area contributed by atoms with Crippen LogP contribution in [0.25, 0.3) is 21.5 Å². The van der Waals surface area contributed by atoms with E-state index < -0.39 is 20.2 Å². The number of rotatable bonds is 8. The molecule has 0 aliphatic rings. The van der Waals surface area contributed by atoms with Gasteiger partial charge in [0.1, 0.15) is 0 Å². The van der Waals surface area contributed by atoms with Crippen LogP contribution in [0.3, 0.4) is 0 Å². The van der Waals surface area contributed by atoms with Gasteiger partial charge >= 0.3 is 0 Å². The molecule has 5 rings (SSSR count). The maximum atomic E-state index is 12.2. The third-order valence-corrected chi connectivity index (χ3v) is 8.04. The normalized spacial score (nSPS) is 11.8. The number of amides is 2. The smallest absolute Gasteiger partial charge is 0.284 e. The van der Waals surface area contributed by atoms with Crippen molar-refractivity contribution in [1.29, 1.82) is 0 Å². The first kappa shape index (κ1) is 27.0. The Hall–Kier alpha value is -4.62. The molecule has 0 unspecified atom stereocenters. The lowest BCUT2D eigenvalue weighted by Gasteiger charge is -2.22. The van der Waals surface area contributed by atoms with E-state index in [1.807, 2.05) is 0 Å². The maximum absolute atomic E-state index is 12.2. The van der Waals surface area contributed by atoms with Crippen molar-refractivity contribution in [3.05, 3.63) is 97.1 Å². The molecule has 0 aliphatic heterocycles. The van der Waals surface area contributed by atoms with Crippen LogP contribution in [-0.4, -0.2) is 38.8 Å². The Bertz CT molecular complexity index is 1880. The van der Waals surface area contributed by atoms with Crippen LogP contribution >= 0.6 is 0 Å². The van der Waals surface area contributed by atoms with Crippen LogP contribution in [0, 0.1) is 0 Å². The van der Waals surface area contributed by atoms with E-state index in [1.165, 1.54) is 34.1 Å². The number of fused-ring (bicyclic) bond motifs is 2. The summed E-state index contributed by atoms with van der Waals surface area (Å²) in [4.78, 5) is 26.4. The minimum Gasteiger partial charge on any atom is -0.284 e. The van der Waals surface area contributed by atoms with E-state index in [9.17, 15) is 35.5 Å². The molecule has 40 heavy (non-hydrogen) atoms. The number of hydrogen-bond acceptors (Lipinski definition) is 6.